The number of nitrogens with zero attached hydrogens (tertiary/aromatic N) is 2. The van der Waals surface area contributed by atoms with E-state index in [0.717, 1.165) is 5.56 Å². The first kappa shape index (κ1) is 20.6. The predicted molar refractivity (Wildman–Crippen MR) is 111 cm³/mol. The minimum absolute atomic E-state index is 0.298. The van der Waals surface area contributed by atoms with Crippen LogP contribution >= 0.6 is 39.1 Å². The Morgan fingerprint density at radius 1 is 1.29 bits per heavy atom. The summed E-state index contributed by atoms with van der Waals surface area (Å²) in [6, 6.07) is 10.9. The molecule has 1 N–H and O–H groups in total. The van der Waals surface area contributed by atoms with E-state index in [-0.39, 0.29) is 5.82 Å². The molecule has 9 heteroatoms. The molecule has 1 atom stereocenters. The molecule has 146 valence electrons. The van der Waals surface area contributed by atoms with Crippen LogP contribution < -0.4 is 10.1 Å². The van der Waals surface area contributed by atoms with Gasteiger partial charge in [0, 0.05) is 11.2 Å². The van der Waals surface area contributed by atoms with Gasteiger partial charge in [0.25, 0.3) is 5.91 Å². The molecule has 2 aromatic carbocycles. The number of ether oxygens (including phenoxy) is 1. The van der Waals surface area contributed by atoms with Crippen LogP contribution in [0.5, 0.6) is 5.75 Å². The Morgan fingerprint density at radius 2 is 2.00 bits per heavy atom. The minimum Gasteiger partial charge on any atom is -0.479 e. The number of hydrogen-bond donors (Lipinski definition) is 1. The molecule has 0 fully saturated rings. The lowest BCUT2D eigenvalue weighted by Crippen LogP contribution is -2.30. The summed E-state index contributed by atoms with van der Waals surface area (Å²) in [5.41, 5.74) is 0.878. The summed E-state index contributed by atoms with van der Waals surface area (Å²) >= 11 is 15.3. The number of amides is 1. The predicted octanol–water partition coefficient (Wildman–Crippen LogP) is 5.55. The largest absolute Gasteiger partial charge is 0.479 e. The fourth-order valence-corrected chi connectivity index (χ4v) is 3.24. The quantitative estimate of drug-likeness (QED) is 0.497. The van der Waals surface area contributed by atoms with Gasteiger partial charge in [-0.25, -0.2) is 4.39 Å². The molecule has 5 nitrogen and oxygen atoms in total. The summed E-state index contributed by atoms with van der Waals surface area (Å²) in [4.78, 5) is 12.4. The number of benzene rings is 2. The van der Waals surface area contributed by atoms with Crippen molar-refractivity contribution in [2.75, 3.05) is 5.32 Å². The third-order valence-corrected chi connectivity index (χ3v) is 4.89. The molecule has 1 heterocycles. The fourth-order valence-electron chi connectivity index (χ4n) is 2.37. The van der Waals surface area contributed by atoms with Gasteiger partial charge in [0.05, 0.1) is 16.0 Å². The maximum atomic E-state index is 13.0. The Morgan fingerprint density at radius 3 is 2.68 bits per heavy atom. The van der Waals surface area contributed by atoms with Crippen molar-refractivity contribution in [1.82, 2.24) is 9.78 Å². The first-order valence-corrected chi connectivity index (χ1v) is 9.76. The van der Waals surface area contributed by atoms with Gasteiger partial charge in [-0.1, -0.05) is 35.3 Å². The third-order valence-electron chi connectivity index (χ3n) is 3.78. The summed E-state index contributed by atoms with van der Waals surface area (Å²) in [6.07, 6.45) is 0.911. The third kappa shape index (κ3) is 5.25. The lowest BCUT2D eigenvalue weighted by Gasteiger charge is -2.15. The highest BCUT2D eigenvalue weighted by Gasteiger charge is 2.19. The molecule has 0 aliphatic rings. The number of carbonyl (C=O) groups is 1. The smallest absolute Gasteiger partial charge is 0.266 e. The number of carbonyl (C=O) groups excluding carboxylic acids is 1. The second-order valence-electron chi connectivity index (χ2n) is 5.97. The number of hydrogen-bond acceptors (Lipinski definition) is 3. The van der Waals surface area contributed by atoms with E-state index in [1.807, 2.05) is 0 Å². The van der Waals surface area contributed by atoms with Gasteiger partial charge in [-0.3, -0.25) is 9.48 Å². The van der Waals surface area contributed by atoms with Crippen LogP contribution in [0.15, 0.2) is 53.1 Å². The average molecular weight is 487 g/mol. The molecule has 28 heavy (non-hydrogen) atoms. The van der Waals surface area contributed by atoms with E-state index >= 15 is 0 Å². The second-order valence-corrected chi connectivity index (χ2v) is 7.67. The number of nitrogens with one attached hydrogen (secondary N) is 1. The van der Waals surface area contributed by atoms with E-state index in [4.69, 9.17) is 27.9 Å². The normalized spacial score (nSPS) is 11.9. The molecule has 1 aromatic heterocycles. The van der Waals surface area contributed by atoms with Crippen LogP contribution in [-0.4, -0.2) is 21.8 Å². The van der Waals surface area contributed by atoms with Crippen LogP contribution in [0.4, 0.5) is 10.2 Å². The Labute approximate surface area is 179 Å². The molecule has 0 spiro atoms. The first-order chi connectivity index (χ1) is 13.3. The van der Waals surface area contributed by atoms with Crippen molar-refractivity contribution in [3.8, 4) is 5.75 Å². The van der Waals surface area contributed by atoms with E-state index in [1.165, 1.54) is 18.2 Å². The topological polar surface area (TPSA) is 56.1 Å². The highest BCUT2D eigenvalue weighted by molar-refractivity contribution is 9.10. The van der Waals surface area contributed by atoms with E-state index in [2.05, 4.69) is 26.3 Å². The zero-order valence-corrected chi connectivity index (χ0v) is 17.7. The molecule has 0 saturated heterocycles. The van der Waals surface area contributed by atoms with Crippen LogP contribution in [0.25, 0.3) is 0 Å². The van der Waals surface area contributed by atoms with Gasteiger partial charge in [-0.15, -0.1) is 0 Å². The fraction of sp³-hybridized carbons (Fsp3) is 0.158. The molecule has 3 aromatic rings. The molecule has 1 unspecified atom stereocenters. The Balaban J connectivity index is 1.64. The van der Waals surface area contributed by atoms with Gasteiger partial charge in [0.1, 0.15) is 11.6 Å². The molecule has 0 radical (unpaired) electrons. The average Bonchev–Trinajstić information content (AvgIpc) is 2.98. The zero-order valence-electron chi connectivity index (χ0n) is 14.6. The Kier molecular flexibility index (Phi) is 6.59. The van der Waals surface area contributed by atoms with Gasteiger partial charge < -0.3 is 10.1 Å². The summed E-state index contributed by atoms with van der Waals surface area (Å²) in [7, 11) is 0. The van der Waals surface area contributed by atoms with Crippen molar-refractivity contribution < 1.29 is 13.9 Å². The maximum Gasteiger partial charge on any atom is 0.266 e. The van der Waals surface area contributed by atoms with Crippen molar-refractivity contribution in [2.45, 2.75) is 19.6 Å². The van der Waals surface area contributed by atoms with Gasteiger partial charge in [-0.05, 0) is 58.7 Å². The van der Waals surface area contributed by atoms with Crippen LogP contribution in [-0.2, 0) is 11.3 Å². The lowest BCUT2D eigenvalue weighted by atomic mass is 10.2. The van der Waals surface area contributed by atoms with Gasteiger partial charge in [0.15, 0.2) is 11.9 Å². The molecule has 0 aliphatic carbocycles. The van der Waals surface area contributed by atoms with Crippen molar-refractivity contribution in [3.05, 3.63) is 74.6 Å². The minimum atomic E-state index is -0.812. The molecule has 1 amide bonds. The number of halogens is 4. The van der Waals surface area contributed by atoms with Gasteiger partial charge in [0.2, 0.25) is 0 Å². The Bertz CT molecular complexity index is 995. The highest BCUT2D eigenvalue weighted by Crippen LogP contribution is 2.28. The standard InChI is InChI=1S/C19H15BrCl2FN3O2/c1-11(28-17-7-4-13(21)8-16(17)22)19(27)24-18-15(20)10-26(25-18)9-12-2-5-14(23)6-3-12/h2-8,10-11H,9H2,1H3,(H,24,25,27). The van der Waals surface area contributed by atoms with Gasteiger partial charge >= 0.3 is 0 Å². The number of aromatic nitrogens is 2. The van der Waals surface area contributed by atoms with Crippen LogP contribution in [0.3, 0.4) is 0 Å². The lowest BCUT2D eigenvalue weighted by molar-refractivity contribution is -0.122. The van der Waals surface area contributed by atoms with Gasteiger partial charge in [-0.2, -0.15) is 5.10 Å². The van der Waals surface area contributed by atoms with Crippen LogP contribution in [0, 0.1) is 5.82 Å². The maximum absolute atomic E-state index is 13.0. The molecule has 0 saturated carbocycles. The van der Waals surface area contributed by atoms with E-state index < -0.39 is 12.0 Å². The monoisotopic (exact) mass is 485 g/mol. The van der Waals surface area contributed by atoms with Crippen molar-refractivity contribution in [3.63, 3.8) is 0 Å². The Hall–Kier alpha value is -2.09. The second kappa shape index (κ2) is 8.94. The van der Waals surface area contributed by atoms with Crippen molar-refractivity contribution in [2.24, 2.45) is 0 Å². The summed E-state index contributed by atoms with van der Waals surface area (Å²) < 4.78 is 20.9. The number of anilines is 1. The number of rotatable bonds is 6. The summed E-state index contributed by atoms with van der Waals surface area (Å²) in [6.45, 7) is 2.03. The van der Waals surface area contributed by atoms with Crippen LogP contribution in [0.2, 0.25) is 10.0 Å². The zero-order chi connectivity index (χ0) is 20.3. The molecular formula is C19H15BrCl2FN3O2. The molecular weight excluding hydrogens is 472 g/mol. The van der Waals surface area contributed by atoms with E-state index in [0.29, 0.717) is 32.6 Å². The highest BCUT2D eigenvalue weighted by atomic mass is 79.9. The van der Waals surface area contributed by atoms with Crippen molar-refractivity contribution >= 4 is 50.9 Å². The molecule has 3 rings (SSSR count). The first-order valence-electron chi connectivity index (χ1n) is 8.22. The summed E-state index contributed by atoms with van der Waals surface area (Å²) in [5, 5.41) is 7.83. The van der Waals surface area contributed by atoms with Crippen LogP contribution in [0.1, 0.15) is 12.5 Å². The SMILES string of the molecule is CC(Oc1ccc(Cl)cc1Cl)C(=O)Nc1nn(Cc2ccc(F)cc2)cc1Br. The van der Waals surface area contributed by atoms with E-state index in [1.54, 1.807) is 42.1 Å². The van der Waals surface area contributed by atoms with E-state index in [9.17, 15) is 9.18 Å². The molecule has 0 bridgehead atoms. The van der Waals surface area contributed by atoms with Crippen molar-refractivity contribution in [1.29, 1.82) is 0 Å². The molecule has 0 aliphatic heterocycles. The summed E-state index contributed by atoms with van der Waals surface area (Å²) in [5.74, 6) is 0.0197.